The molecule has 1 aromatic heterocycles. The molecule has 0 aromatic carbocycles. The predicted molar refractivity (Wildman–Crippen MR) is 59.3 cm³/mol. The second kappa shape index (κ2) is 3.04. The lowest BCUT2D eigenvalue weighted by Crippen LogP contribution is -2.24. The second-order valence-corrected chi connectivity index (χ2v) is 5.24. The number of hydrogen-bond donors (Lipinski definition) is 0. The summed E-state index contributed by atoms with van der Waals surface area (Å²) in [4.78, 5) is 6.89. The summed E-state index contributed by atoms with van der Waals surface area (Å²) in [7, 11) is 0. The van der Waals surface area contributed by atoms with E-state index in [4.69, 9.17) is 0 Å². The summed E-state index contributed by atoms with van der Waals surface area (Å²) in [6.45, 7) is 3.79. The molecular weight excluding hydrogens is 240 g/mol. The molecule has 0 aliphatic carbocycles. The van der Waals surface area contributed by atoms with E-state index >= 15 is 0 Å². The zero-order chi connectivity index (χ0) is 9.60. The summed E-state index contributed by atoms with van der Waals surface area (Å²) >= 11 is 3.38. The van der Waals surface area contributed by atoms with Crippen LogP contribution in [0.3, 0.4) is 0 Å². The molecule has 0 N–H and O–H groups in total. The molecule has 0 saturated carbocycles. The van der Waals surface area contributed by atoms with E-state index in [9.17, 15) is 0 Å². The van der Waals surface area contributed by atoms with Gasteiger partial charge in [0.15, 0.2) is 0 Å². The molecule has 0 atom stereocenters. The summed E-state index contributed by atoms with van der Waals surface area (Å²) in [6, 6.07) is 4.29. The topological polar surface area (TPSA) is 16.1 Å². The van der Waals surface area contributed by atoms with Crippen molar-refractivity contribution in [1.82, 2.24) is 9.88 Å². The number of pyridine rings is 1. The molecule has 14 heavy (non-hydrogen) atoms. The standard InChI is InChI=1S/C11H13BrN2/c12-10-2-1-9(7-13-10)11-3-5-14(8-11)6-4-11/h1-2,7H,3-6,8H2. The lowest BCUT2D eigenvalue weighted by atomic mass is 9.79. The zero-order valence-corrected chi connectivity index (χ0v) is 9.63. The predicted octanol–water partition coefficient (Wildman–Crippen LogP) is 2.19. The number of aromatic nitrogens is 1. The Hall–Kier alpha value is -0.410. The second-order valence-electron chi connectivity index (χ2n) is 4.43. The van der Waals surface area contributed by atoms with Gasteiger partial charge in [-0.25, -0.2) is 4.98 Å². The highest BCUT2D eigenvalue weighted by Crippen LogP contribution is 2.42. The van der Waals surface area contributed by atoms with Crippen LogP contribution >= 0.6 is 15.9 Å². The van der Waals surface area contributed by atoms with E-state index in [0.717, 1.165) is 4.60 Å². The number of halogens is 1. The third-order valence-corrected chi connectivity index (χ3v) is 4.15. The minimum Gasteiger partial charge on any atom is -0.302 e. The van der Waals surface area contributed by atoms with Crippen molar-refractivity contribution in [2.75, 3.05) is 19.6 Å². The molecule has 0 spiro atoms. The van der Waals surface area contributed by atoms with E-state index in [1.165, 1.54) is 38.0 Å². The maximum atomic E-state index is 4.33. The van der Waals surface area contributed by atoms with E-state index < -0.39 is 0 Å². The molecule has 0 unspecified atom stereocenters. The van der Waals surface area contributed by atoms with Gasteiger partial charge in [0.25, 0.3) is 0 Å². The van der Waals surface area contributed by atoms with Gasteiger partial charge in [0, 0.05) is 18.2 Å². The van der Waals surface area contributed by atoms with Gasteiger partial charge in [-0.2, -0.15) is 0 Å². The van der Waals surface area contributed by atoms with E-state index in [1.54, 1.807) is 0 Å². The van der Waals surface area contributed by atoms with Crippen molar-refractivity contribution in [1.29, 1.82) is 0 Å². The Morgan fingerprint density at radius 3 is 2.57 bits per heavy atom. The van der Waals surface area contributed by atoms with E-state index in [-0.39, 0.29) is 0 Å². The third-order valence-electron chi connectivity index (χ3n) is 3.68. The average molecular weight is 253 g/mol. The molecule has 2 fully saturated rings. The van der Waals surface area contributed by atoms with Crippen molar-refractivity contribution < 1.29 is 0 Å². The highest BCUT2D eigenvalue weighted by molar-refractivity contribution is 9.10. The van der Waals surface area contributed by atoms with Crippen molar-refractivity contribution in [2.24, 2.45) is 0 Å². The fourth-order valence-electron chi connectivity index (χ4n) is 2.79. The summed E-state index contributed by atoms with van der Waals surface area (Å²) < 4.78 is 0.936. The van der Waals surface area contributed by atoms with Gasteiger partial charge in [0.2, 0.25) is 0 Å². The molecule has 2 bridgehead atoms. The molecule has 2 aliphatic rings. The van der Waals surface area contributed by atoms with Gasteiger partial charge in [0.1, 0.15) is 4.60 Å². The van der Waals surface area contributed by atoms with Gasteiger partial charge >= 0.3 is 0 Å². The van der Waals surface area contributed by atoms with Crippen LogP contribution in [0, 0.1) is 0 Å². The smallest absolute Gasteiger partial charge is 0.106 e. The van der Waals surface area contributed by atoms with Gasteiger partial charge in [-0.05, 0) is 53.5 Å². The van der Waals surface area contributed by atoms with Crippen LogP contribution in [0.2, 0.25) is 0 Å². The van der Waals surface area contributed by atoms with Crippen LogP contribution in [0.1, 0.15) is 18.4 Å². The fraction of sp³-hybridized carbons (Fsp3) is 0.545. The van der Waals surface area contributed by atoms with Gasteiger partial charge < -0.3 is 4.90 Å². The minimum atomic E-state index is 0.438. The number of piperidine rings is 1. The molecule has 0 amide bonds. The summed E-state index contributed by atoms with van der Waals surface area (Å²) in [5.74, 6) is 0. The normalized spacial score (nSPS) is 35.1. The molecule has 74 valence electrons. The highest BCUT2D eigenvalue weighted by atomic mass is 79.9. The summed E-state index contributed by atoms with van der Waals surface area (Å²) in [6.07, 6.45) is 4.67. The van der Waals surface area contributed by atoms with E-state index in [1.807, 2.05) is 6.20 Å². The number of hydrogen-bond acceptors (Lipinski definition) is 2. The Balaban J connectivity index is 1.98. The summed E-state index contributed by atoms with van der Waals surface area (Å²) in [5.41, 5.74) is 1.87. The molecule has 2 saturated heterocycles. The minimum absolute atomic E-state index is 0.438. The van der Waals surface area contributed by atoms with Crippen molar-refractivity contribution >= 4 is 15.9 Å². The number of rotatable bonds is 1. The highest BCUT2D eigenvalue weighted by Gasteiger charge is 2.44. The largest absolute Gasteiger partial charge is 0.302 e. The van der Waals surface area contributed by atoms with Crippen LogP contribution in [0.4, 0.5) is 0 Å². The van der Waals surface area contributed by atoms with Crippen LogP contribution in [-0.4, -0.2) is 29.5 Å². The number of fused-ring (bicyclic) bond motifs is 2. The average Bonchev–Trinajstić information content (AvgIpc) is 2.79. The third kappa shape index (κ3) is 1.22. The van der Waals surface area contributed by atoms with Gasteiger partial charge in [-0.15, -0.1) is 0 Å². The summed E-state index contributed by atoms with van der Waals surface area (Å²) in [5, 5.41) is 0. The Morgan fingerprint density at radius 1 is 1.29 bits per heavy atom. The molecule has 2 nitrogen and oxygen atoms in total. The quantitative estimate of drug-likeness (QED) is 0.713. The van der Waals surface area contributed by atoms with Crippen LogP contribution < -0.4 is 0 Å². The molecule has 0 radical (unpaired) electrons. The number of nitrogens with zero attached hydrogens (tertiary/aromatic N) is 2. The fourth-order valence-corrected chi connectivity index (χ4v) is 3.03. The maximum absolute atomic E-state index is 4.33. The molecule has 3 rings (SSSR count). The lowest BCUT2D eigenvalue weighted by Gasteiger charge is -2.25. The Labute approximate surface area is 92.5 Å². The Kier molecular flexibility index (Phi) is 1.92. The molecule has 3 heterocycles. The van der Waals surface area contributed by atoms with Crippen molar-refractivity contribution in [3.8, 4) is 0 Å². The van der Waals surface area contributed by atoms with Gasteiger partial charge in [-0.3, -0.25) is 0 Å². The first-order valence-corrected chi connectivity index (χ1v) is 5.92. The Morgan fingerprint density at radius 2 is 2.07 bits per heavy atom. The van der Waals surface area contributed by atoms with Crippen LogP contribution in [0.5, 0.6) is 0 Å². The SMILES string of the molecule is Brc1ccc(C23CCN(CC2)C3)cn1. The van der Waals surface area contributed by atoms with Crippen molar-refractivity contribution in [3.63, 3.8) is 0 Å². The van der Waals surface area contributed by atoms with Crippen molar-refractivity contribution in [2.45, 2.75) is 18.3 Å². The maximum Gasteiger partial charge on any atom is 0.106 e. The van der Waals surface area contributed by atoms with E-state index in [2.05, 4.69) is 37.9 Å². The Bertz CT molecular complexity index is 339. The van der Waals surface area contributed by atoms with Crippen LogP contribution in [0.25, 0.3) is 0 Å². The lowest BCUT2D eigenvalue weighted by molar-refractivity contribution is 0.364. The zero-order valence-electron chi connectivity index (χ0n) is 8.04. The van der Waals surface area contributed by atoms with Crippen molar-refractivity contribution in [3.05, 3.63) is 28.5 Å². The first-order valence-electron chi connectivity index (χ1n) is 5.13. The first kappa shape index (κ1) is 8.86. The van der Waals surface area contributed by atoms with Crippen LogP contribution in [-0.2, 0) is 5.41 Å². The molecule has 2 aliphatic heterocycles. The molecular formula is C11H13BrN2. The monoisotopic (exact) mass is 252 g/mol. The van der Waals surface area contributed by atoms with Gasteiger partial charge in [0.05, 0.1) is 0 Å². The molecule has 3 heteroatoms. The van der Waals surface area contributed by atoms with E-state index in [0.29, 0.717) is 5.41 Å². The molecule has 1 aromatic rings. The van der Waals surface area contributed by atoms with Gasteiger partial charge in [-0.1, -0.05) is 6.07 Å². The van der Waals surface area contributed by atoms with Crippen LogP contribution in [0.15, 0.2) is 22.9 Å². The first-order chi connectivity index (χ1) is 6.78.